The molecule has 1 aromatic carbocycles. The van der Waals surface area contributed by atoms with E-state index in [9.17, 15) is 18.5 Å². The lowest BCUT2D eigenvalue weighted by Crippen LogP contribution is -2.34. The van der Waals surface area contributed by atoms with E-state index in [0.717, 1.165) is 37.1 Å². The second-order valence-electron chi connectivity index (χ2n) is 7.68. The Kier molecular flexibility index (Phi) is 8.32. The minimum Gasteiger partial charge on any atom is -0.493 e. The van der Waals surface area contributed by atoms with E-state index in [1.54, 1.807) is 26.5 Å². The van der Waals surface area contributed by atoms with E-state index >= 15 is 0 Å². The van der Waals surface area contributed by atoms with Crippen LogP contribution in [-0.4, -0.2) is 77.9 Å². The van der Waals surface area contributed by atoms with E-state index in [1.807, 2.05) is 6.07 Å². The summed E-state index contributed by atoms with van der Waals surface area (Å²) in [6.45, 7) is 4.02. The number of hydrogen-bond donors (Lipinski definition) is 2. The van der Waals surface area contributed by atoms with Gasteiger partial charge in [-0.1, -0.05) is 0 Å². The Morgan fingerprint density at radius 1 is 1.21 bits per heavy atom. The van der Waals surface area contributed by atoms with E-state index < -0.39 is 16.4 Å². The van der Waals surface area contributed by atoms with Gasteiger partial charge in [-0.15, -0.1) is 0 Å². The number of carbonyl (C=O) groups excluding carboxylic acids is 1. The molecule has 1 aromatic heterocycles. The number of nitrogens with two attached hydrogens (primary N) is 1. The maximum absolute atomic E-state index is 11.4. The normalized spacial score (nSPS) is 14.8. The number of ether oxygens (including phenoxy) is 2. The quantitative estimate of drug-likeness (QED) is 0.508. The summed E-state index contributed by atoms with van der Waals surface area (Å²) < 4.78 is 36.4. The minimum absolute atomic E-state index is 0.254. The molecule has 2 heterocycles. The molecule has 1 aliphatic heterocycles. The lowest BCUT2D eigenvalue weighted by atomic mass is 10.1. The molecule has 3 rings (SSSR count). The average Bonchev–Trinajstić information content (AvgIpc) is 3.04. The summed E-state index contributed by atoms with van der Waals surface area (Å²) in [6.07, 6.45) is 1.98. The summed E-state index contributed by atoms with van der Waals surface area (Å²) in [5.74, 6) is 1.14. The van der Waals surface area contributed by atoms with Crippen LogP contribution in [0.25, 0.3) is 10.9 Å². The van der Waals surface area contributed by atoms with Crippen molar-refractivity contribution in [2.45, 2.75) is 12.8 Å². The van der Waals surface area contributed by atoms with Crippen LogP contribution in [0, 0.1) is 11.3 Å². The Bertz CT molecular complexity index is 1180. The van der Waals surface area contributed by atoms with Gasteiger partial charge < -0.3 is 28.8 Å². The maximum Gasteiger partial charge on any atom is 0.423 e. The number of anilines is 1. The number of nitriles is 1. The van der Waals surface area contributed by atoms with Gasteiger partial charge in [-0.3, -0.25) is 4.98 Å². The highest BCUT2D eigenvalue weighted by Crippen LogP contribution is 2.37. The van der Waals surface area contributed by atoms with Crippen LogP contribution in [0.1, 0.15) is 18.4 Å². The minimum atomic E-state index is -4.32. The number of pyridine rings is 1. The van der Waals surface area contributed by atoms with Gasteiger partial charge in [-0.2, -0.15) is 18.8 Å². The number of carbonyl (C=O) groups is 1. The molecular weight excluding hydrogens is 464 g/mol. The molecule has 13 heteroatoms. The fourth-order valence-corrected chi connectivity index (χ4v) is 4.24. The van der Waals surface area contributed by atoms with Crippen molar-refractivity contribution in [3.05, 3.63) is 23.9 Å². The number of methoxy groups -OCH3 is 2. The fourth-order valence-electron chi connectivity index (χ4n) is 3.97. The molecule has 0 radical (unpaired) electrons. The van der Waals surface area contributed by atoms with E-state index in [4.69, 9.17) is 9.47 Å². The molecule has 12 nitrogen and oxygen atoms in total. The van der Waals surface area contributed by atoms with Gasteiger partial charge in [-0.25, -0.2) is 4.79 Å². The van der Waals surface area contributed by atoms with Gasteiger partial charge in [0.05, 0.1) is 31.0 Å². The van der Waals surface area contributed by atoms with Crippen molar-refractivity contribution in [1.82, 2.24) is 15.2 Å². The Labute approximate surface area is 198 Å². The number of rotatable bonds is 8. The van der Waals surface area contributed by atoms with Crippen LogP contribution in [0.4, 0.5) is 10.5 Å². The summed E-state index contributed by atoms with van der Waals surface area (Å²) in [5, 5.41) is 17.6. The van der Waals surface area contributed by atoms with Crippen LogP contribution in [0.15, 0.2) is 18.3 Å². The Morgan fingerprint density at radius 3 is 2.62 bits per heavy atom. The molecule has 0 spiro atoms. The summed E-state index contributed by atoms with van der Waals surface area (Å²) >= 11 is 0. The molecule has 0 atom stereocenters. The number of hydrogen-bond acceptors (Lipinski definition) is 10. The molecule has 1 saturated heterocycles. The maximum atomic E-state index is 11.4. The van der Waals surface area contributed by atoms with Gasteiger partial charge in [0.2, 0.25) is 0 Å². The van der Waals surface area contributed by atoms with Crippen LogP contribution in [0.5, 0.6) is 11.5 Å². The first-order chi connectivity index (χ1) is 16.3. The molecule has 0 saturated carbocycles. The zero-order valence-corrected chi connectivity index (χ0v) is 19.9. The van der Waals surface area contributed by atoms with Crippen molar-refractivity contribution in [1.29, 1.82) is 5.26 Å². The van der Waals surface area contributed by atoms with Gasteiger partial charge >= 0.3 is 16.4 Å². The molecule has 0 unspecified atom stereocenters. The van der Waals surface area contributed by atoms with Crippen LogP contribution < -0.4 is 24.8 Å². The van der Waals surface area contributed by atoms with E-state index in [-0.39, 0.29) is 6.54 Å². The van der Waals surface area contributed by atoms with Crippen molar-refractivity contribution in [2.24, 2.45) is 5.14 Å². The number of amides is 1. The predicted octanol–water partition coefficient (Wildman–Crippen LogP) is 0.956. The molecule has 0 bridgehead atoms. The standard InChI is InChI=1S/C21H28N6O6S/c1-31-18-11-16-17(12-19(18)32-2)25-14-15(13-22)20(16)27-8-4-7-26(9-10-27)6-3-5-24-21(28)33-34(23,29)30/h11-12,14H,3-10H2,1-2H3,(H,24,28)(H2,23,29,30). The first-order valence-corrected chi connectivity index (χ1v) is 12.1. The molecule has 1 amide bonds. The zero-order valence-electron chi connectivity index (χ0n) is 19.1. The molecular formula is C21H28N6O6S. The highest BCUT2D eigenvalue weighted by molar-refractivity contribution is 7.84. The summed E-state index contributed by atoms with van der Waals surface area (Å²) in [4.78, 5) is 20.2. The number of nitrogens with zero attached hydrogens (tertiary/aromatic N) is 4. The number of benzene rings is 1. The average molecular weight is 493 g/mol. The second-order valence-corrected chi connectivity index (χ2v) is 8.84. The van der Waals surface area contributed by atoms with Crippen LogP contribution in [-0.2, 0) is 14.5 Å². The SMILES string of the molecule is COc1cc2ncc(C#N)c(N3CCCN(CCCNC(=O)OS(N)(=O)=O)CC3)c2cc1OC. The molecule has 34 heavy (non-hydrogen) atoms. The number of nitrogens with one attached hydrogen (secondary N) is 1. The smallest absolute Gasteiger partial charge is 0.423 e. The molecule has 2 aromatic rings. The monoisotopic (exact) mass is 492 g/mol. The Balaban J connectivity index is 1.68. The third-order valence-electron chi connectivity index (χ3n) is 5.48. The summed E-state index contributed by atoms with van der Waals surface area (Å²) in [7, 11) is -1.19. The van der Waals surface area contributed by atoms with Gasteiger partial charge in [-0.05, 0) is 32.0 Å². The van der Waals surface area contributed by atoms with Crippen molar-refractivity contribution in [3.8, 4) is 17.6 Å². The lowest BCUT2D eigenvalue weighted by molar-refractivity contribution is 0.201. The molecule has 1 fully saturated rings. The molecule has 184 valence electrons. The topological polar surface area (TPSA) is 160 Å². The highest BCUT2D eigenvalue weighted by Gasteiger charge is 2.21. The summed E-state index contributed by atoms with van der Waals surface area (Å²) in [5.41, 5.74) is 2.03. The van der Waals surface area contributed by atoms with Gasteiger partial charge in [0.25, 0.3) is 0 Å². The predicted molar refractivity (Wildman–Crippen MR) is 125 cm³/mol. The van der Waals surface area contributed by atoms with Crippen LogP contribution in [0.3, 0.4) is 0 Å². The largest absolute Gasteiger partial charge is 0.493 e. The van der Waals surface area contributed by atoms with Gasteiger partial charge in [0.1, 0.15) is 6.07 Å². The van der Waals surface area contributed by atoms with Crippen molar-refractivity contribution in [2.75, 3.05) is 58.4 Å². The number of aromatic nitrogens is 1. The van der Waals surface area contributed by atoms with Crippen LogP contribution in [0.2, 0.25) is 0 Å². The molecule has 0 aliphatic carbocycles. The first kappa shape index (κ1) is 25.3. The Morgan fingerprint density at radius 2 is 1.94 bits per heavy atom. The second kappa shape index (κ2) is 11.2. The summed E-state index contributed by atoms with van der Waals surface area (Å²) in [6, 6.07) is 5.91. The Hall–Kier alpha value is -3.34. The number of fused-ring (bicyclic) bond motifs is 1. The third-order valence-corrected chi connectivity index (χ3v) is 5.87. The third kappa shape index (κ3) is 6.37. The van der Waals surface area contributed by atoms with Crippen molar-refractivity contribution in [3.63, 3.8) is 0 Å². The van der Waals surface area contributed by atoms with Crippen molar-refractivity contribution >= 4 is 33.0 Å². The van der Waals surface area contributed by atoms with E-state index in [1.165, 1.54) is 0 Å². The van der Waals surface area contributed by atoms with E-state index in [2.05, 4.69) is 35.5 Å². The zero-order chi connectivity index (χ0) is 24.7. The molecule has 3 N–H and O–H groups in total. The van der Waals surface area contributed by atoms with Crippen LogP contribution >= 0.6 is 0 Å². The fraction of sp³-hybridized carbons (Fsp3) is 0.476. The van der Waals surface area contributed by atoms with E-state index in [0.29, 0.717) is 42.1 Å². The van der Waals surface area contributed by atoms with Gasteiger partial charge in [0, 0.05) is 43.8 Å². The van der Waals surface area contributed by atoms with Gasteiger partial charge in [0.15, 0.2) is 11.5 Å². The van der Waals surface area contributed by atoms with Crippen molar-refractivity contribution < 1.29 is 26.9 Å². The first-order valence-electron chi connectivity index (χ1n) is 10.7. The lowest BCUT2D eigenvalue weighted by Gasteiger charge is -2.26. The molecule has 1 aliphatic rings. The highest BCUT2D eigenvalue weighted by atomic mass is 32.2.